The Labute approximate surface area is 196 Å². The third kappa shape index (κ3) is 2.65. The maximum atomic E-state index is 12.7. The number of hydrogen-bond donors (Lipinski definition) is 2. The first-order chi connectivity index (χ1) is 14.7. The Kier molecular flexibility index (Phi) is 4.99. The van der Waals surface area contributed by atoms with E-state index >= 15 is 0 Å². The summed E-state index contributed by atoms with van der Waals surface area (Å²) in [7, 11) is 0. The summed E-state index contributed by atoms with van der Waals surface area (Å²) in [6.07, 6.45) is 9.22. The summed E-state index contributed by atoms with van der Waals surface area (Å²) in [5, 5.41) is 21.8. The Balaban J connectivity index is 1.55. The van der Waals surface area contributed by atoms with Crippen LogP contribution in [0.5, 0.6) is 0 Å². The molecule has 5 aliphatic rings. The van der Waals surface area contributed by atoms with Crippen LogP contribution in [-0.2, 0) is 4.79 Å². The van der Waals surface area contributed by atoms with Crippen LogP contribution in [0.3, 0.4) is 0 Å². The maximum Gasteiger partial charge on any atom is 0.133 e. The van der Waals surface area contributed by atoms with Gasteiger partial charge in [0.25, 0.3) is 0 Å². The molecule has 3 heteroatoms. The average Bonchev–Trinajstić information content (AvgIpc) is 3.05. The second-order valence-corrected chi connectivity index (χ2v) is 14.6. The molecule has 5 rings (SSSR count). The normalized spacial score (nSPS) is 58.8. The van der Waals surface area contributed by atoms with E-state index in [-0.39, 0.29) is 27.6 Å². The molecule has 3 nitrogen and oxygen atoms in total. The van der Waals surface area contributed by atoms with Gasteiger partial charge in [-0.25, -0.2) is 0 Å². The van der Waals surface area contributed by atoms with Gasteiger partial charge in [-0.2, -0.15) is 0 Å². The van der Waals surface area contributed by atoms with Gasteiger partial charge in [-0.1, -0.05) is 41.5 Å². The van der Waals surface area contributed by atoms with Gasteiger partial charge in [0.2, 0.25) is 0 Å². The molecular weight excluding hydrogens is 396 g/mol. The van der Waals surface area contributed by atoms with Crippen LogP contribution in [0.2, 0.25) is 0 Å². The zero-order valence-corrected chi connectivity index (χ0v) is 21.7. The van der Waals surface area contributed by atoms with E-state index in [4.69, 9.17) is 0 Å². The standard InChI is InChI=1S/C29H48O3/c1-17(30)18-10-12-26(4)14-15-28(6)19(23(18)26)8-9-22-27(5)16-20(31)24(32)25(2,3)21(27)11-13-29(22,28)7/h18-24,31-32H,8-16H2,1-7H3/t18-,19?,20-,21?,22?,23?,24-,26+,27-,28+,29+/m0/s1. The Morgan fingerprint density at radius 3 is 2.12 bits per heavy atom. The summed E-state index contributed by atoms with van der Waals surface area (Å²) in [6, 6.07) is 0. The quantitative estimate of drug-likeness (QED) is 0.521. The van der Waals surface area contributed by atoms with Crippen molar-refractivity contribution in [2.24, 2.45) is 56.7 Å². The van der Waals surface area contributed by atoms with Crippen LogP contribution < -0.4 is 0 Å². The van der Waals surface area contributed by atoms with E-state index < -0.39 is 12.2 Å². The molecule has 0 aromatic carbocycles. The zero-order chi connectivity index (χ0) is 23.5. The summed E-state index contributed by atoms with van der Waals surface area (Å²) in [4.78, 5) is 12.7. The highest BCUT2D eigenvalue weighted by Gasteiger charge is 2.71. The minimum absolute atomic E-state index is 0.0690. The van der Waals surface area contributed by atoms with E-state index in [9.17, 15) is 15.0 Å². The van der Waals surface area contributed by atoms with E-state index in [1.165, 1.54) is 38.5 Å². The van der Waals surface area contributed by atoms with Gasteiger partial charge in [-0.15, -0.1) is 0 Å². The number of fused-ring (bicyclic) bond motifs is 7. The van der Waals surface area contributed by atoms with Crippen molar-refractivity contribution >= 4 is 5.78 Å². The smallest absolute Gasteiger partial charge is 0.133 e. The fourth-order valence-electron chi connectivity index (χ4n) is 11.5. The highest BCUT2D eigenvalue weighted by atomic mass is 16.3. The highest BCUT2D eigenvalue weighted by Crippen LogP contribution is 2.77. The van der Waals surface area contributed by atoms with Crippen LogP contribution >= 0.6 is 0 Å². The minimum atomic E-state index is -0.623. The van der Waals surface area contributed by atoms with Crippen LogP contribution in [0.15, 0.2) is 0 Å². The molecule has 0 bridgehead atoms. The van der Waals surface area contributed by atoms with Crippen molar-refractivity contribution in [3.8, 4) is 0 Å². The fraction of sp³-hybridized carbons (Fsp3) is 0.966. The second-order valence-electron chi connectivity index (χ2n) is 14.6. The predicted molar refractivity (Wildman–Crippen MR) is 128 cm³/mol. The van der Waals surface area contributed by atoms with Crippen LogP contribution in [0.4, 0.5) is 0 Å². The van der Waals surface area contributed by atoms with Crippen molar-refractivity contribution < 1.29 is 15.0 Å². The van der Waals surface area contributed by atoms with Crippen molar-refractivity contribution in [1.29, 1.82) is 0 Å². The summed E-state index contributed by atoms with van der Waals surface area (Å²) >= 11 is 0. The first-order valence-electron chi connectivity index (χ1n) is 13.6. The molecule has 0 aromatic heterocycles. The molecule has 182 valence electrons. The monoisotopic (exact) mass is 444 g/mol. The molecule has 0 heterocycles. The van der Waals surface area contributed by atoms with Gasteiger partial charge < -0.3 is 10.2 Å². The highest BCUT2D eigenvalue weighted by molar-refractivity contribution is 5.79. The van der Waals surface area contributed by atoms with E-state index in [0.29, 0.717) is 34.9 Å². The Morgan fingerprint density at radius 1 is 0.781 bits per heavy atom. The van der Waals surface area contributed by atoms with Gasteiger partial charge in [0.05, 0.1) is 12.2 Å². The molecule has 0 amide bonds. The van der Waals surface area contributed by atoms with Gasteiger partial charge in [0.1, 0.15) is 5.78 Å². The second kappa shape index (κ2) is 6.84. The number of carbonyl (C=O) groups excluding carboxylic acids is 1. The number of carbonyl (C=O) groups is 1. The number of aliphatic hydroxyl groups excluding tert-OH is 2. The van der Waals surface area contributed by atoms with Crippen molar-refractivity contribution in [3.05, 3.63) is 0 Å². The summed E-state index contributed by atoms with van der Waals surface area (Å²) in [6.45, 7) is 16.4. The molecule has 2 N–H and O–H groups in total. The van der Waals surface area contributed by atoms with Crippen molar-refractivity contribution in [2.45, 2.75) is 118 Å². The molecular formula is C29H48O3. The Bertz CT molecular complexity index is 804. The molecule has 0 spiro atoms. The molecule has 0 aromatic rings. The van der Waals surface area contributed by atoms with Crippen LogP contribution in [0.25, 0.3) is 0 Å². The van der Waals surface area contributed by atoms with E-state index in [1.54, 1.807) is 0 Å². The summed E-state index contributed by atoms with van der Waals surface area (Å²) in [5.41, 5.74) is 0.668. The number of Topliss-reactive ketones (excluding diaryl/α,β-unsaturated/α-hetero) is 1. The van der Waals surface area contributed by atoms with Gasteiger partial charge in [0, 0.05) is 5.92 Å². The summed E-state index contributed by atoms with van der Waals surface area (Å²) in [5.74, 6) is 2.93. The first kappa shape index (κ1) is 23.3. The first-order valence-corrected chi connectivity index (χ1v) is 13.6. The molecule has 32 heavy (non-hydrogen) atoms. The Hall–Kier alpha value is -0.410. The van der Waals surface area contributed by atoms with E-state index in [0.717, 1.165) is 19.3 Å². The third-order valence-electron chi connectivity index (χ3n) is 13.3. The van der Waals surface area contributed by atoms with Gasteiger partial charge in [-0.3, -0.25) is 4.79 Å². The average molecular weight is 445 g/mol. The van der Waals surface area contributed by atoms with Gasteiger partial charge in [-0.05, 0) is 115 Å². The molecule has 5 saturated carbocycles. The van der Waals surface area contributed by atoms with Crippen LogP contribution in [0.1, 0.15) is 106 Å². The van der Waals surface area contributed by atoms with Crippen molar-refractivity contribution in [1.82, 2.24) is 0 Å². The van der Waals surface area contributed by atoms with Crippen molar-refractivity contribution in [2.75, 3.05) is 0 Å². The van der Waals surface area contributed by atoms with Crippen LogP contribution in [-0.4, -0.2) is 28.2 Å². The molecule has 0 saturated heterocycles. The molecule has 5 aliphatic carbocycles. The molecule has 11 atom stereocenters. The lowest BCUT2D eigenvalue weighted by Gasteiger charge is -2.73. The number of ketones is 1. The number of rotatable bonds is 1. The van der Waals surface area contributed by atoms with Crippen molar-refractivity contribution in [3.63, 3.8) is 0 Å². The topological polar surface area (TPSA) is 57.5 Å². The van der Waals surface area contributed by atoms with E-state index in [2.05, 4.69) is 41.5 Å². The fourth-order valence-corrected chi connectivity index (χ4v) is 11.5. The molecule has 5 fully saturated rings. The number of aliphatic hydroxyl groups is 2. The molecule has 0 radical (unpaired) electrons. The Morgan fingerprint density at radius 2 is 1.47 bits per heavy atom. The molecule has 0 aliphatic heterocycles. The SMILES string of the molecule is CC(=O)[C@@H]1CC[C@]2(C)CC[C@]3(C)C(CCC4[C@@]5(C)C[C@H](O)[C@H](O)C(C)(C)C5CC[C@]43C)C12. The lowest BCUT2D eigenvalue weighted by molar-refractivity contribution is -0.262. The zero-order valence-electron chi connectivity index (χ0n) is 21.7. The van der Waals surface area contributed by atoms with Crippen LogP contribution in [0, 0.1) is 56.7 Å². The van der Waals surface area contributed by atoms with E-state index in [1.807, 2.05) is 6.92 Å². The predicted octanol–water partition coefficient (Wildman–Crippen LogP) is 6.01. The molecule has 4 unspecified atom stereocenters. The maximum absolute atomic E-state index is 12.7. The van der Waals surface area contributed by atoms with Gasteiger partial charge in [0.15, 0.2) is 0 Å². The minimum Gasteiger partial charge on any atom is -0.390 e. The third-order valence-corrected chi connectivity index (χ3v) is 13.3. The lowest BCUT2D eigenvalue weighted by Crippen LogP contribution is -2.68. The summed E-state index contributed by atoms with van der Waals surface area (Å²) < 4.78 is 0. The largest absolute Gasteiger partial charge is 0.390 e. The number of hydrogen-bond acceptors (Lipinski definition) is 3. The van der Waals surface area contributed by atoms with Gasteiger partial charge >= 0.3 is 0 Å². The lowest BCUT2D eigenvalue weighted by atomic mass is 9.32.